The van der Waals surface area contributed by atoms with Gasteiger partial charge in [-0.25, -0.2) is 0 Å². The van der Waals surface area contributed by atoms with Crippen molar-refractivity contribution in [3.63, 3.8) is 0 Å². The van der Waals surface area contributed by atoms with Gasteiger partial charge in [-0.3, -0.25) is 0 Å². The van der Waals surface area contributed by atoms with Crippen molar-refractivity contribution < 1.29 is 5.11 Å². The monoisotopic (exact) mass is 242 g/mol. The van der Waals surface area contributed by atoms with Crippen LogP contribution in [0.25, 0.3) is 11.1 Å². The number of hydrogen-bond donors (Lipinski definition) is 3. The number of aliphatic hydroxyl groups is 1. The van der Waals surface area contributed by atoms with Crippen molar-refractivity contribution >= 4 is 11.4 Å². The number of benzene rings is 2. The van der Waals surface area contributed by atoms with Crippen LogP contribution in [-0.2, 0) is 0 Å². The van der Waals surface area contributed by atoms with E-state index in [1.54, 1.807) is 0 Å². The molecule has 0 aliphatic heterocycles. The standard InChI is InChI=1S/C15H18N2O/c16-15-8-7-13(17-9-4-10-18)11-14(15)12-5-2-1-3-6-12/h1-3,5-8,11,17-18H,4,9-10,16H2. The lowest BCUT2D eigenvalue weighted by Gasteiger charge is -2.10. The zero-order chi connectivity index (χ0) is 12.8. The topological polar surface area (TPSA) is 58.3 Å². The van der Waals surface area contributed by atoms with E-state index < -0.39 is 0 Å². The molecule has 3 heteroatoms. The summed E-state index contributed by atoms with van der Waals surface area (Å²) >= 11 is 0. The highest BCUT2D eigenvalue weighted by molar-refractivity contribution is 5.79. The molecule has 0 atom stereocenters. The maximum absolute atomic E-state index is 8.76. The first kappa shape index (κ1) is 12.5. The first-order chi connectivity index (χ1) is 8.81. The van der Waals surface area contributed by atoms with Gasteiger partial charge in [-0.05, 0) is 30.2 Å². The van der Waals surface area contributed by atoms with E-state index in [1.807, 2.05) is 48.5 Å². The highest BCUT2D eigenvalue weighted by atomic mass is 16.3. The van der Waals surface area contributed by atoms with Crippen LogP contribution < -0.4 is 11.1 Å². The van der Waals surface area contributed by atoms with Crippen LogP contribution in [-0.4, -0.2) is 18.3 Å². The molecule has 2 aromatic carbocycles. The fourth-order valence-electron chi connectivity index (χ4n) is 1.85. The van der Waals surface area contributed by atoms with Gasteiger partial charge >= 0.3 is 0 Å². The fraction of sp³-hybridized carbons (Fsp3) is 0.200. The first-order valence-electron chi connectivity index (χ1n) is 6.11. The molecule has 0 heterocycles. The van der Waals surface area contributed by atoms with Crippen molar-refractivity contribution in [2.75, 3.05) is 24.2 Å². The Morgan fingerprint density at radius 1 is 1.06 bits per heavy atom. The molecule has 0 amide bonds. The van der Waals surface area contributed by atoms with E-state index in [0.29, 0.717) is 0 Å². The molecule has 0 radical (unpaired) electrons. The van der Waals surface area contributed by atoms with Gasteiger partial charge in [0.25, 0.3) is 0 Å². The minimum Gasteiger partial charge on any atom is -0.398 e. The predicted octanol–water partition coefficient (Wildman–Crippen LogP) is 2.73. The number of nitrogens with one attached hydrogen (secondary N) is 1. The van der Waals surface area contributed by atoms with E-state index in [9.17, 15) is 0 Å². The summed E-state index contributed by atoms with van der Waals surface area (Å²) in [5.74, 6) is 0. The Hall–Kier alpha value is -2.00. The molecule has 94 valence electrons. The maximum atomic E-state index is 8.76. The Morgan fingerprint density at radius 3 is 2.56 bits per heavy atom. The molecule has 0 aliphatic carbocycles. The fourth-order valence-corrected chi connectivity index (χ4v) is 1.85. The lowest BCUT2D eigenvalue weighted by Crippen LogP contribution is -2.03. The summed E-state index contributed by atoms with van der Waals surface area (Å²) < 4.78 is 0. The second-order valence-corrected chi connectivity index (χ2v) is 4.17. The average Bonchev–Trinajstić information content (AvgIpc) is 2.42. The highest BCUT2D eigenvalue weighted by Gasteiger charge is 2.03. The van der Waals surface area contributed by atoms with E-state index >= 15 is 0 Å². The van der Waals surface area contributed by atoms with Gasteiger partial charge in [0.1, 0.15) is 0 Å². The Balaban J connectivity index is 2.22. The molecule has 0 fully saturated rings. The Kier molecular flexibility index (Phi) is 4.20. The van der Waals surface area contributed by atoms with E-state index in [1.165, 1.54) is 0 Å². The largest absolute Gasteiger partial charge is 0.398 e. The molecule has 0 aromatic heterocycles. The molecule has 0 bridgehead atoms. The van der Waals surface area contributed by atoms with Crippen LogP contribution in [0.4, 0.5) is 11.4 Å². The summed E-state index contributed by atoms with van der Waals surface area (Å²) in [4.78, 5) is 0. The maximum Gasteiger partial charge on any atom is 0.0447 e. The summed E-state index contributed by atoms with van der Waals surface area (Å²) in [5.41, 5.74) is 9.95. The zero-order valence-corrected chi connectivity index (χ0v) is 10.3. The third kappa shape index (κ3) is 3.02. The van der Waals surface area contributed by atoms with Crippen LogP contribution in [0.3, 0.4) is 0 Å². The molecule has 18 heavy (non-hydrogen) atoms. The number of anilines is 2. The van der Waals surface area contributed by atoms with E-state index in [2.05, 4.69) is 5.32 Å². The third-order valence-electron chi connectivity index (χ3n) is 2.80. The summed E-state index contributed by atoms with van der Waals surface area (Å²) in [6, 6.07) is 16.0. The Labute approximate surface area is 107 Å². The Bertz CT molecular complexity index is 497. The number of hydrogen-bond acceptors (Lipinski definition) is 3. The van der Waals surface area contributed by atoms with Crippen LogP contribution in [0.1, 0.15) is 6.42 Å². The molecule has 0 aliphatic rings. The summed E-state index contributed by atoms with van der Waals surface area (Å²) in [6.45, 7) is 0.960. The first-order valence-corrected chi connectivity index (χ1v) is 6.11. The van der Waals surface area contributed by atoms with Gasteiger partial charge in [-0.1, -0.05) is 30.3 Å². The minimum absolute atomic E-state index is 0.202. The Morgan fingerprint density at radius 2 is 1.83 bits per heavy atom. The van der Waals surface area contributed by atoms with Crippen LogP contribution >= 0.6 is 0 Å². The van der Waals surface area contributed by atoms with Gasteiger partial charge in [0.15, 0.2) is 0 Å². The van der Waals surface area contributed by atoms with Crippen molar-refractivity contribution in [3.8, 4) is 11.1 Å². The highest BCUT2D eigenvalue weighted by Crippen LogP contribution is 2.28. The average molecular weight is 242 g/mol. The van der Waals surface area contributed by atoms with Crippen molar-refractivity contribution in [3.05, 3.63) is 48.5 Å². The van der Waals surface area contributed by atoms with Crippen LogP contribution in [0.2, 0.25) is 0 Å². The molecule has 3 nitrogen and oxygen atoms in total. The minimum atomic E-state index is 0.202. The number of nitrogen functional groups attached to an aromatic ring is 1. The van der Waals surface area contributed by atoms with E-state index in [0.717, 1.165) is 35.5 Å². The second kappa shape index (κ2) is 6.07. The quantitative estimate of drug-likeness (QED) is 0.558. The van der Waals surface area contributed by atoms with Crippen molar-refractivity contribution in [1.29, 1.82) is 0 Å². The van der Waals surface area contributed by atoms with Gasteiger partial charge in [0.05, 0.1) is 0 Å². The van der Waals surface area contributed by atoms with Gasteiger partial charge in [0.2, 0.25) is 0 Å². The molecule has 0 spiro atoms. The molecule has 0 saturated carbocycles. The van der Waals surface area contributed by atoms with Crippen molar-refractivity contribution in [2.45, 2.75) is 6.42 Å². The third-order valence-corrected chi connectivity index (χ3v) is 2.80. The number of rotatable bonds is 5. The van der Waals surface area contributed by atoms with E-state index in [4.69, 9.17) is 10.8 Å². The predicted molar refractivity (Wildman–Crippen MR) is 76.5 cm³/mol. The molecule has 4 N–H and O–H groups in total. The molecule has 0 saturated heterocycles. The van der Waals surface area contributed by atoms with Gasteiger partial charge in [0, 0.05) is 30.1 Å². The summed E-state index contributed by atoms with van der Waals surface area (Å²) in [5, 5.41) is 12.0. The lowest BCUT2D eigenvalue weighted by atomic mass is 10.0. The summed E-state index contributed by atoms with van der Waals surface area (Å²) in [6.07, 6.45) is 0.741. The van der Waals surface area contributed by atoms with Crippen molar-refractivity contribution in [1.82, 2.24) is 0 Å². The lowest BCUT2D eigenvalue weighted by molar-refractivity contribution is 0.292. The second-order valence-electron chi connectivity index (χ2n) is 4.17. The van der Waals surface area contributed by atoms with Crippen LogP contribution in [0.5, 0.6) is 0 Å². The molecule has 0 unspecified atom stereocenters. The van der Waals surface area contributed by atoms with Crippen LogP contribution in [0.15, 0.2) is 48.5 Å². The normalized spacial score (nSPS) is 10.3. The SMILES string of the molecule is Nc1ccc(NCCCO)cc1-c1ccccc1. The van der Waals surface area contributed by atoms with Crippen molar-refractivity contribution in [2.24, 2.45) is 0 Å². The number of aliphatic hydroxyl groups excluding tert-OH is 1. The van der Waals surface area contributed by atoms with Gasteiger partial charge in [-0.2, -0.15) is 0 Å². The van der Waals surface area contributed by atoms with Gasteiger partial charge < -0.3 is 16.2 Å². The smallest absolute Gasteiger partial charge is 0.0447 e. The molecule has 2 rings (SSSR count). The van der Waals surface area contributed by atoms with Crippen LogP contribution in [0, 0.1) is 0 Å². The van der Waals surface area contributed by atoms with E-state index in [-0.39, 0.29) is 6.61 Å². The molecule has 2 aromatic rings. The zero-order valence-electron chi connectivity index (χ0n) is 10.3. The van der Waals surface area contributed by atoms with Gasteiger partial charge in [-0.15, -0.1) is 0 Å². The molecular formula is C15H18N2O. The molecular weight excluding hydrogens is 224 g/mol. The summed E-state index contributed by atoms with van der Waals surface area (Å²) in [7, 11) is 0. The number of nitrogens with two attached hydrogens (primary N) is 1.